The second-order valence-electron chi connectivity index (χ2n) is 7.15. The van der Waals surface area contributed by atoms with Crippen molar-refractivity contribution in [2.45, 2.75) is 24.4 Å². The number of likely N-dealkylation sites (N-methyl/N-ethyl adjacent to an activating group) is 2. The number of halogens is 2. The van der Waals surface area contributed by atoms with Crippen molar-refractivity contribution in [3.8, 4) is 5.75 Å². The van der Waals surface area contributed by atoms with Crippen molar-refractivity contribution in [2.75, 3.05) is 47.4 Å². The number of carbonyl (C=O) groups is 1. The molecule has 2 aliphatic heterocycles. The van der Waals surface area contributed by atoms with E-state index in [0.29, 0.717) is 11.3 Å². The van der Waals surface area contributed by atoms with Crippen molar-refractivity contribution < 1.29 is 18.3 Å². The smallest absolute Gasteiger partial charge is 0.262 e. The van der Waals surface area contributed by atoms with Crippen LogP contribution in [0.4, 0.5) is 8.78 Å². The quantitative estimate of drug-likeness (QED) is 0.809. The van der Waals surface area contributed by atoms with E-state index in [1.54, 1.807) is 31.3 Å². The summed E-state index contributed by atoms with van der Waals surface area (Å²) in [7, 11) is 5.16. The van der Waals surface area contributed by atoms with Crippen molar-refractivity contribution in [1.29, 1.82) is 0 Å². The maximum atomic E-state index is 14.0. The van der Waals surface area contributed by atoms with Crippen LogP contribution in [0.5, 0.6) is 5.75 Å². The molecule has 0 spiro atoms. The fraction of sp³-hybridized carbons (Fsp3) is 0.611. The first kappa shape index (κ1) is 18.1. The van der Waals surface area contributed by atoms with Gasteiger partial charge in [0, 0.05) is 45.2 Å². The summed E-state index contributed by atoms with van der Waals surface area (Å²) in [6.07, 6.45) is -0.198. The number of likely N-dealkylation sites (tertiary alicyclic amines) is 2. The molecule has 138 valence electrons. The molecule has 1 amide bonds. The van der Waals surface area contributed by atoms with E-state index in [1.165, 1.54) is 12.0 Å². The van der Waals surface area contributed by atoms with Gasteiger partial charge >= 0.3 is 0 Å². The lowest BCUT2D eigenvalue weighted by atomic mass is 10.1. The summed E-state index contributed by atoms with van der Waals surface area (Å²) in [6.45, 7) is 1.67. The zero-order chi connectivity index (χ0) is 18.2. The molecule has 0 aliphatic carbocycles. The van der Waals surface area contributed by atoms with Gasteiger partial charge in [-0.15, -0.1) is 0 Å². The number of alkyl halides is 2. The van der Waals surface area contributed by atoms with E-state index < -0.39 is 5.92 Å². The molecule has 0 aromatic heterocycles. The van der Waals surface area contributed by atoms with Crippen molar-refractivity contribution in [3.05, 3.63) is 29.8 Å². The van der Waals surface area contributed by atoms with Gasteiger partial charge in [-0.25, -0.2) is 8.78 Å². The number of para-hydroxylation sites is 1. The van der Waals surface area contributed by atoms with E-state index in [2.05, 4.69) is 4.90 Å². The molecule has 0 bridgehead atoms. The van der Waals surface area contributed by atoms with Gasteiger partial charge in [-0.05, 0) is 19.2 Å². The number of hydrogen-bond donors (Lipinski definition) is 0. The van der Waals surface area contributed by atoms with Gasteiger partial charge in [0.05, 0.1) is 19.2 Å². The highest BCUT2D eigenvalue weighted by atomic mass is 19.3. The minimum atomic E-state index is -2.69. The predicted octanol–water partition coefficient (Wildman–Crippen LogP) is 1.79. The Morgan fingerprint density at radius 1 is 1.36 bits per heavy atom. The van der Waals surface area contributed by atoms with E-state index in [1.807, 2.05) is 11.9 Å². The predicted molar refractivity (Wildman–Crippen MR) is 91.3 cm³/mol. The number of methoxy groups -OCH3 is 1. The fourth-order valence-electron chi connectivity index (χ4n) is 3.82. The molecule has 0 N–H and O–H groups in total. The van der Waals surface area contributed by atoms with Crippen LogP contribution in [-0.4, -0.2) is 86.0 Å². The van der Waals surface area contributed by atoms with Crippen molar-refractivity contribution >= 4 is 5.91 Å². The summed E-state index contributed by atoms with van der Waals surface area (Å²) in [6, 6.07) is 6.81. The van der Waals surface area contributed by atoms with Crippen molar-refractivity contribution in [1.82, 2.24) is 14.7 Å². The molecule has 5 nitrogen and oxygen atoms in total. The van der Waals surface area contributed by atoms with Gasteiger partial charge in [-0.2, -0.15) is 0 Å². The van der Waals surface area contributed by atoms with Gasteiger partial charge in [0.15, 0.2) is 0 Å². The van der Waals surface area contributed by atoms with Gasteiger partial charge < -0.3 is 14.5 Å². The monoisotopic (exact) mass is 353 g/mol. The maximum absolute atomic E-state index is 14.0. The largest absolute Gasteiger partial charge is 0.496 e. The lowest BCUT2D eigenvalue weighted by molar-refractivity contribution is -0.00983. The Bertz CT molecular complexity index is 635. The number of rotatable bonds is 5. The molecule has 7 heteroatoms. The minimum absolute atomic E-state index is 0.151. The van der Waals surface area contributed by atoms with Gasteiger partial charge in [-0.1, -0.05) is 12.1 Å². The second kappa shape index (κ2) is 6.88. The normalized spacial score (nSPS) is 24.1. The van der Waals surface area contributed by atoms with Crippen LogP contribution in [0, 0.1) is 0 Å². The summed E-state index contributed by atoms with van der Waals surface area (Å²) in [5.74, 6) is -2.40. The first-order chi connectivity index (χ1) is 11.8. The first-order valence-corrected chi connectivity index (χ1v) is 8.51. The van der Waals surface area contributed by atoms with E-state index in [0.717, 1.165) is 13.1 Å². The zero-order valence-electron chi connectivity index (χ0n) is 14.9. The van der Waals surface area contributed by atoms with Crippen LogP contribution in [0.25, 0.3) is 0 Å². The SMILES string of the molecule is COc1ccccc1C(=O)N(C)C[C@@H]1CC(F)(F)CN1C1CN(C)C1. The highest BCUT2D eigenvalue weighted by Crippen LogP contribution is 2.35. The summed E-state index contributed by atoms with van der Waals surface area (Å²) in [4.78, 5) is 18.2. The van der Waals surface area contributed by atoms with E-state index in [-0.39, 0.29) is 37.5 Å². The zero-order valence-corrected chi connectivity index (χ0v) is 14.9. The summed E-state index contributed by atoms with van der Waals surface area (Å²) < 4.78 is 33.2. The number of hydrogen-bond acceptors (Lipinski definition) is 4. The minimum Gasteiger partial charge on any atom is -0.496 e. The maximum Gasteiger partial charge on any atom is 0.262 e. The average molecular weight is 353 g/mol. The van der Waals surface area contributed by atoms with E-state index in [9.17, 15) is 13.6 Å². The average Bonchev–Trinajstić information content (AvgIpc) is 2.85. The molecule has 2 aliphatic rings. The van der Waals surface area contributed by atoms with Crippen LogP contribution in [0.3, 0.4) is 0 Å². The van der Waals surface area contributed by atoms with Crippen LogP contribution in [0.15, 0.2) is 24.3 Å². The molecule has 2 heterocycles. The Morgan fingerprint density at radius 2 is 2.04 bits per heavy atom. The first-order valence-electron chi connectivity index (χ1n) is 8.51. The lowest BCUT2D eigenvalue weighted by Crippen LogP contribution is -2.60. The molecule has 3 rings (SSSR count). The van der Waals surface area contributed by atoms with Crippen molar-refractivity contribution in [3.63, 3.8) is 0 Å². The summed E-state index contributed by atoms with van der Waals surface area (Å²) in [5, 5.41) is 0. The van der Waals surface area contributed by atoms with Gasteiger partial charge in [-0.3, -0.25) is 9.69 Å². The molecule has 1 aromatic carbocycles. The summed E-state index contributed by atoms with van der Waals surface area (Å²) >= 11 is 0. The fourth-order valence-corrected chi connectivity index (χ4v) is 3.82. The van der Waals surface area contributed by atoms with Crippen LogP contribution in [0.2, 0.25) is 0 Å². The number of ether oxygens (including phenoxy) is 1. The molecular formula is C18H25F2N3O2. The lowest BCUT2D eigenvalue weighted by Gasteiger charge is -2.44. The molecule has 0 unspecified atom stereocenters. The summed E-state index contributed by atoms with van der Waals surface area (Å²) in [5.41, 5.74) is 0.451. The highest BCUT2D eigenvalue weighted by Gasteiger charge is 2.49. The standard InChI is InChI=1S/C18H25F2N3O2/c1-21-9-14(10-21)23-12-18(19,20)8-13(23)11-22(2)17(24)15-6-4-5-7-16(15)25-3/h4-7,13-14H,8-12H2,1-3H3/t13-/m0/s1. The van der Waals surface area contributed by atoms with E-state index in [4.69, 9.17) is 4.74 Å². The van der Waals surface area contributed by atoms with Crippen LogP contribution >= 0.6 is 0 Å². The van der Waals surface area contributed by atoms with Gasteiger partial charge in [0.2, 0.25) is 0 Å². The van der Waals surface area contributed by atoms with E-state index >= 15 is 0 Å². The Hall–Kier alpha value is -1.73. The molecule has 2 fully saturated rings. The number of amides is 1. The third-order valence-corrected chi connectivity index (χ3v) is 5.10. The highest BCUT2D eigenvalue weighted by molar-refractivity contribution is 5.96. The third kappa shape index (κ3) is 3.77. The molecule has 2 saturated heterocycles. The molecular weight excluding hydrogens is 328 g/mol. The Kier molecular flexibility index (Phi) is 4.97. The van der Waals surface area contributed by atoms with Crippen LogP contribution in [0.1, 0.15) is 16.8 Å². The van der Waals surface area contributed by atoms with Crippen LogP contribution < -0.4 is 4.74 Å². The number of carbonyl (C=O) groups excluding carboxylic acids is 1. The molecule has 0 radical (unpaired) electrons. The molecule has 1 atom stereocenters. The Balaban J connectivity index is 1.70. The number of benzene rings is 1. The topological polar surface area (TPSA) is 36.0 Å². The van der Waals surface area contributed by atoms with Gasteiger partial charge in [0.1, 0.15) is 5.75 Å². The van der Waals surface area contributed by atoms with Crippen LogP contribution in [-0.2, 0) is 0 Å². The second-order valence-corrected chi connectivity index (χ2v) is 7.15. The molecule has 0 saturated carbocycles. The number of nitrogens with zero attached hydrogens (tertiary/aromatic N) is 3. The van der Waals surface area contributed by atoms with Gasteiger partial charge in [0.25, 0.3) is 11.8 Å². The molecule has 25 heavy (non-hydrogen) atoms. The Morgan fingerprint density at radius 3 is 2.68 bits per heavy atom. The van der Waals surface area contributed by atoms with Crippen molar-refractivity contribution in [2.24, 2.45) is 0 Å². The molecule has 1 aromatic rings. The third-order valence-electron chi connectivity index (χ3n) is 5.10. The Labute approximate surface area is 147 Å².